The van der Waals surface area contributed by atoms with Gasteiger partial charge in [-0.15, -0.1) is 0 Å². The van der Waals surface area contributed by atoms with E-state index in [1.54, 1.807) is 6.07 Å². The van der Waals surface area contributed by atoms with Crippen molar-refractivity contribution in [1.82, 2.24) is 5.32 Å². The fourth-order valence-electron chi connectivity index (χ4n) is 2.34. The number of hydrogen-bond acceptors (Lipinski definition) is 3. The van der Waals surface area contributed by atoms with Crippen LogP contribution in [0.1, 0.15) is 24.8 Å². The van der Waals surface area contributed by atoms with Crippen molar-refractivity contribution in [1.29, 1.82) is 0 Å². The van der Waals surface area contributed by atoms with Gasteiger partial charge in [-0.05, 0) is 49.6 Å². The molecule has 0 aliphatic carbocycles. The molecule has 2 rings (SSSR count). The zero-order chi connectivity index (χ0) is 13.2. The minimum Gasteiger partial charge on any atom is -0.314 e. The summed E-state index contributed by atoms with van der Waals surface area (Å²) in [6.45, 7) is 1.05. The van der Waals surface area contributed by atoms with E-state index < -0.39 is 9.84 Å². The molecule has 1 aliphatic rings. The van der Waals surface area contributed by atoms with Gasteiger partial charge in [0.25, 0.3) is 0 Å². The van der Waals surface area contributed by atoms with Crippen molar-refractivity contribution in [3.63, 3.8) is 0 Å². The first-order valence-corrected chi connectivity index (χ1v) is 8.45. The van der Waals surface area contributed by atoms with Crippen LogP contribution in [0.4, 0.5) is 0 Å². The SMILES string of the molecule is CS(=O)(=O)c1cc(Cl)cc(CC2CCCCN2)c1. The van der Waals surface area contributed by atoms with Crippen molar-refractivity contribution in [3.05, 3.63) is 28.8 Å². The van der Waals surface area contributed by atoms with Crippen LogP contribution >= 0.6 is 11.6 Å². The molecule has 0 bridgehead atoms. The molecule has 1 saturated heterocycles. The van der Waals surface area contributed by atoms with E-state index in [2.05, 4.69) is 5.32 Å². The maximum Gasteiger partial charge on any atom is 0.175 e. The highest BCUT2D eigenvalue weighted by molar-refractivity contribution is 7.90. The lowest BCUT2D eigenvalue weighted by Gasteiger charge is -2.23. The second-order valence-electron chi connectivity index (χ2n) is 4.92. The van der Waals surface area contributed by atoms with Gasteiger partial charge in [-0.2, -0.15) is 0 Å². The molecule has 0 amide bonds. The quantitative estimate of drug-likeness (QED) is 0.929. The molecule has 0 saturated carbocycles. The second kappa shape index (κ2) is 5.59. The summed E-state index contributed by atoms with van der Waals surface area (Å²) < 4.78 is 23.1. The predicted octanol–water partition coefficient (Wildman–Crippen LogP) is 2.43. The standard InChI is InChI=1S/C13H18ClNO2S/c1-18(16,17)13-8-10(6-11(14)9-13)7-12-4-2-3-5-15-12/h6,8-9,12,15H,2-5,7H2,1H3. The zero-order valence-corrected chi connectivity index (χ0v) is 12.0. The maximum absolute atomic E-state index is 11.6. The van der Waals surface area contributed by atoms with E-state index >= 15 is 0 Å². The van der Waals surface area contributed by atoms with Gasteiger partial charge in [0.2, 0.25) is 0 Å². The summed E-state index contributed by atoms with van der Waals surface area (Å²) in [5.74, 6) is 0. The number of hydrogen-bond donors (Lipinski definition) is 1. The molecular formula is C13H18ClNO2S. The third-order valence-corrected chi connectivity index (χ3v) is 4.56. The highest BCUT2D eigenvalue weighted by atomic mass is 35.5. The first-order chi connectivity index (χ1) is 8.45. The lowest BCUT2D eigenvalue weighted by molar-refractivity contribution is 0.399. The van der Waals surface area contributed by atoms with E-state index in [9.17, 15) is 8.42 Å². The Bertz CT molecular complexity index is 522. The minimum atomic E-state index is -3.19. The summed E-state index contributed by atoms with van der Waals surface area (Å²) in [4.78, 5) is 0.306. The predicted molar refractivity (Wildman–Crippen MR) is 73.9 cm³/mol. The Morgan fingerprint density at radius 3 is 2.72 bits per heavy atom. The Balaban J connectivity index is 2.20. The Morgan fingerprint density at radius 1 is 1.33 bits per heavy atom. The molecule has 5 heteroatoms. The van der Waals surface area contributed by atoms with Crippen LogP contribution in [0.15, 0.2) is 23.1 Å². The molecular weight excluding hydrogens is 270 g/mol. The average Bonchev–Trinajstić information content (AvgIpc) is 2.28. The third-order valence-electron chi connectivity index (χ3n) is 3.25. The van der Waals surface area contributed by atoms with Crippen molar-refractivity contribution < 1.29 is 8.42 Å². The molecule has 1 unspecified atom stereocenters. The second-order valence-corrected chi connectivity index (χ2v) is 7.37. The minimum absolute atomic E-state index is 0.306. The van der Waals surface area contributed by atoms with E-state index in [4.69, 9.17) is 11.6 Å². The van der Waals surface area contributed by atoms with Gasteiger partial charge in [0.15, 0.2) is 9.84 Å². The Labute approximate surface area is 113 Å². The van der Waals surface area contributed by atoms with Crippen molar-refractivity contribution in [2.45, 2.75) is 36.6 Å². The Morgan fingerprint density at radius 2 is 2.11 bits per heavy atom. The van der Waals surface area contributed by atoms with E-state index in [1.165, 1.54) is 25.2 Å². The molecule has 100 valence electrons. The van der Waals surface area contributed by atoms with Gasteiger partial charge >= 0.3 is 0 Å². The zero-order valence-electron chi connectivity index (χ0n) is 10.4. The maximum atomic E-state index is 11.6. The highest BCUT2D eigenvalue weighted by Gasteiger charge is 2.15. The third kappa shape index (κ3) is 3.70. The molecule has 1 atom stereocenters. The number of nitrogens with one attached hydrogen (secondary N) is 1. The number of rotatable bonds is 3. The molecule has 1 aromatic rings. The van der Waals surface area contributed by atoms with Gasteiger partial charge in [-0.1, -0.05) is 18.0 Å². The van der Waals surface area contributed by atoms with Crippen molar-refractivity contribution in [2.75, 3.05) is 12.8 Å². The molecule has 1 aliphatic heterocycles. The van der Waals surface area contributed by atoms with E-state index in [-0.39, 0.29) is 0 Å². The van der Waals surface area contributed by atoms with Crippen LogP contribution in [-0.2, 0) is 16.3 Å². The molecule has 0 radical (unpaired) electrons. The van der Waals surface area contributed by atoms with E-state index in [1.807, 2.05) is 6.07 Å². The summed E-state index contributed by atoms with van der Waals surface area (Å²) in [6, 6.07) is 5.53. The van der Waals surface area contributed by atoms with Crippen molar-refractivity contribution in [2.24, 2.45) is 0 Å². The number of halogens is 1. The lowest BCUT2D eigenvalue weighted by atomic mass is 9.98. The molecule has 1 aromatic carbocycles. The van der Waals surface area contributed by atoms with Crippen LogP contribution < -0.4 is 5.32 Å². The van der Waals surface area contributed by atoms with Crippen molar-refractivity contribution in [3.8, 4) is 0 Å². The molecule has 1 heterocycles. The summed E-state index contributed by atoms with van der Waals surface area (Å²) in [5.41, 5.74) is 0.988. The number of piperidine rings is 1. The van der Waals surface area contributed by atoms with Gasteiger partial charge < -0.3 is 5.32 Å². The summed E-state index contributed by atoms with van der Waals surface area (Å²) in [7, 11) is -3.19. The molecule has 1 N–H and O–H groups in total. The van der Waals surface area contributed by atoms with Gasteiger partial charge in [0.1, 0.15) is 0 Å². The van der Waals surface area contributed by atoms with Crippen molar-refractivity contribution >= 4 is 21.4 Å². The topological polar surface area (TPSA) is 46.2 Å². The smallest absolute Gasteiger partial charge is 0.175 e. The Kier molecular flexibility index (Phi) is 4.30. The monoisotopic (exact) mass is 287 g/mol. The van der Waals surface area contributed by atoms with Crippen LogP contribution in [0, 0.1) is 0 Å². The first-order valence-electron chi connectivity index (χ1n) is 6.18. The van der Waals surface area contributed by atoms with Gasteiger partial charge in [-0.25, -0.2) is 8.42 Å². The molecule has 3 nitrogen and oxygen atoms in total. The van der Waals surface area contributed by atoms with Crippen LogP contribution in [0.3, 0.4) is 0 Å². The van der Waals surface area contributed by atoms with Crippen LogP contribution in [0.5, 0.6) is 0 Å². The summed E-state index contributed by atoms with van der Waals surface area (Å²) in [6.07, 6.45) is 5.64. The van der Waals surface area contributed by atoms with Gasteiger partial charge in [0, 0.05) is 17.3 Å². The van der Waals surface area contributed by atoms with Crippen LogP contribution in [0.25, 0.3) is 0 Å². The average molecular weight is 288 g/mol. The van der Waals surface area contributed by atoms with Gasteiger partial charge in [-0.3, -0.25) is 0 Å². The molecule has 0 aromatic heterocycles. The molecule has 18 heavy (non-hydrogen) atoms. The van der Waals surface area contributed by atoms with E-state index in [0.717, 1.165) is 24.9 Å². The van der Waals surface area contributed by atoms with Gasteiger partial charge in [0.05, 0.1) is 4.90 Å². The Hall–Kier alpha value is -0.580. The first kappa shape index (κ1) is 13.8. The normalized spacial score (nSPS) is 20.9. The largest absolute Gasteiger partial charge is 0.314 e. The fourth-order valence-corrected chi connectivity index (χ4v) is 3.36. The van der Waals surface area contributed by atoms with Crippen LogP contribution in [-0.4, -0.2) is 27.3 Å². The summed E-state index contributed by atoms with van der Waals surface area (Å²) >= 11 is 5.99. The molecule has 1 fully saturated rings. The van der Waals surface area contributed by atoms with Crippen LogP contribution in [0.2, 0.25) is 5.02 Å². The number of benzene rings is 1. The number of sulfone groups is 1. The highest BCUT2D eigenvalue weighted by Crippen LogP contribution is 2.21. The summed E-state index contributed by atoms with van der Waals surface area (Å²) in [5, 5.41) is 3.94. The lowest BCUT2D eigenvalue weighted by Crippen LogP contribution is -2.35. The fraction of sp³-hybridized carbons (Fsp3) is 0.538. The van der Waals surface area contributed by atoms with E-state index in [0.29, 0.717) is 16.0 Å². The molecule has 0 spiro atoms.